The number of hydrogen-bond donors (Lipinski definition) is 3. The summed E-state index contributed by atoms with van der Waals surface area (Å²) < 4.78 is 10.8. The first-order chi connectivity index (χ1) is 12.7. The number of aliphatic imine (C=N–C) groups is 1. The van der Waals surface area contributed by atoms with Gasteiger partial charge in [-0.3, -0.25) is 4.99 Å². The molecule has 8 nitrogen and oxygen atoms in total. The predicted molar refractivity (Wildman–Crippen MR) is 98.9 cm³/mol. The van der Waals surface area contributed by atoms with E-state index in [0.717, 1.165) is 16.3 Å². The van der Waals surface area contributed by atoms with E-state index in [2.05, 4.69) is 15.5 Å². The minimum Gasteiger partial charge on any atom is -0.452 e. The molecule has 1 heterocycles. The van der Waals surface area contributed by atoms with Gasteiger partial charge in [-0.1, -0.05) is 18.2 Å². The Morgan fingerprint density at radius 3 is 2.77 bits per heavy atom. The molecule has 0 bridgehead atoms. The van der Waals surface area contributed by atoms with Crippen molar-refractivity contribution in [1.29, 1.82) is 0 Å². The third kappa shape index (κ3) is 4.05. The molecular weight excluding hydrogens is 334 g/mol. The number of ether oxygens (including phenoxy) is 1. The van der Waals surface area contributed by atoms with E-state index in [1.54, 1.807) is 30.5 Å². The number of hydrazone groups is 1. The van der Waals surface area contributed by atoms with Crippen LogP contribution in [0.15, 0.2) is 63.0 Å². The average molecular weight is 351 g/mol. The number of carbonyl (C=O) groups is 1. The van der Waals surface area contributed by atoms with Gasteiger partial charge in [0.2, 0.25) is 5.76 Å². The molecule has 26 heavy (non-hydrogen) atoms. The SMILES string of the molecule is NN=Cc1ccc2cc(OC(=O)c3ccc(CN=CNN)o3)ccc2c1. The Labute approximate surface area is 149 Å². The lowest BCUT2D eigenvalue weighted by Crippen LogP contribution is -2.19. The smallest absolute Gasteiger partial charge is 0.379 e. The van der Waals surface area contributed by atoms with Gasteiger partial charge < -0.3 is 20.4 Å². The molecule has 3 rings (SSSR count). The fraction of sp³-hybridized carbons (Fsp3) is 0.0556. The first kappa shape index (κ1) is 17.2. The van der Waals surface area contributed by atoms with Gasteiger partial charge in [-0.15, -0.1) is 0 Å². The summed E-state index contributed by atoms with van der Waals surface area (Å²) in [7, 11) is 0. The second-order valence-electron chi connectivity index (χ2n) is 5.34. The summed E-state index contributed by atoms with van der Waals surface area (Å²) in [5.41, 5.74) is 3.18. The number of benzene rings is 2. The lowest BCUT2D eigenvalue weighted by Gasteiger charge is -2.05. The van der Waals surface area contributed by atoms with E-state index < -0.39 is 5.97 Å². The van der Waals surface area contributed by atoms with Crippen LogP contribution in [0.5, 0.6) is 5.75 Å². The summed E-state index contributed by atoms with van der Waals surface area (Å²) in [6, 6.07) is 14.3. The van der Waals surface area contributed by atoms with Crippen LogP contribution in [0.2, 0.25) is 0 Å². The van der Waals surface area contributed by atoms with E-state index in [-0.39, 0.29) is 12.3 Å². The molecule has 0 amide bonds. The average Bonchev–Trinajstić information content (AvgIpc) is 3.11. The number of furan rings is 1. The normalized spacial score (nSPS) is 11.4. The maximum absolute atomic E-state index is 12.2. The highest BCUT2D eigenvalue weighted by molar-refractivity contribution is 5.92. The Balaban J connectivity index is 1.72. The number of rotatable bonds is 6. The molecule has 0 aliphatic heterocycles. The molecule has 8 heteroatoms. The fourth-order valence-corrected chi connectivity index (χ4v) is 2.39. The number of hydrogen-bond acceptors (Lipinski definition) is 7. The molecule has 0 saturated heterocycles. The Morgan fingerprint density at radius 2 is 1.96 bits per heavy atom. The Kier molecular flexibility index (Phi) is 5.25. The van der Waals surface area contributed by atoms with E-state index in [0.29, 0.717) is 11.5 Å². The second-order valence-corrected chi connectivity index (χ2v) is 5.34. The molecule has 0 radical (unpaired) electrons. The van der Waals surface area contributed by atoms with Crippen LogP contribution in [-0.4, -0.2) is 18.5 Å². The number of esters is 1. The third-order valence-corrected chi connectivity index (χ3v) is 3.55. The fourth-order valence-electron chi connectivity index (χ4n) is 2.39. The lowest BCUT2D eigenvalue weighted by atomic mass is 10.1. The van der Waals surface area contributed by atoms with Crippen LogP contribution < -0.4 is 21.8 Å². The number of fused-ring (bicyclic) bond motifs is 1. The number of carbonyl (C=O) groups excluding carboxylic acids is 1. The highest BCUT2D eigenvalue weighted by atomic mass is 16.5. The zero-order valence-corrected chi connectivity index (χ0v) is 13.8. The number of hydrazine groups is 1. The topological polar surface area (TPSA) is 128 Å². The summed E-state index contributed by atoms with van der Waals surface area (Å²) in [4.78, 5) is 16.2. The molecule has 0 aliphatic rings. The van der Waals surface area contributed by atoms with Crippen molar-refractivity contribution in [2.75, 3.05) is 0 Å². The highest BCUT2D eigenvalue weighted by Crippen LogP contribution is 2.23. The Bertz CT molecular complexity index is 978. The number of nitrogens with one attached hydrogen (secondary N) is 1. The van der Waals surface area contributed by atoms with E-state index in [1.807, 2.05) is 24.3 Å². The molecule has 0 atom stereocenters. The minimum atomic E-state index is -0.580. The molecule has 0 spiro atoms. The summed E-state index contributed by atoms with van der Waals surface area (Å²) in [5.74, 6) is 10.7. The van der Waals surface area contributed by atoms with Crippen LogP contribution in [-0.2, 0) is 6.54 Å². The zero-order valence-electron chi connectivity index (χ0n) is 13.8. The molecule has 2 aromatic carbocycles. The zero-order chi connectivity index (χ0) is 18.4. The largest absolute Gasteiger partial charge is 0.452 e. The van der Waals surface area contributed by atoms with Gasteiger partial charge in [-0.25, -0.2) is 10.6 Å². The van der Waals surface area contributed by atoms with Gasteiger partial charge in [-0.2, -0.15) is 5.10 Å². The molecule has 0 aliphatic carbocycles. The van der Waals surface area contributed by atoms with Gasteiger partial charge in [0, 0.05) is 0 Å². The minimum absolute atomic E-state index is 0.102. The van der Waals surface area contributed by atoms with Crippen LogP contribution in [0.4, 0.5) is 0 Å². The van der Waals surface area contributed by atoms with Crippen LogP contribution in [0.1, 0.15) is 21.9 Å². The maximum atomic E-state index is 12.2. The summed E-state index contributed by atoms with van der Waals surface area (Å²) >= 11 is 0. The van der Waals surface area contributed by atoms with Crippen molar-refractivity contribution < 1.29 is 13.9 Å². The molecule has 0 fully saturated rings. The van der Waals surface area contributed by atoms with Gasteiger partial charge in [-0.05, 0) is 46.7 Å². The van der Waals surface area contributed by atoms with E-state index >= 15 is 0 Å². The predicted octanol–water partition coefficient (Wildman–Crippen LogP) is 1.94. The Hall–Kier alpha value is -3.65. The molecule has 0 saturated carbocycles. The summed E-state index contributed by atoms with van der Waals surface area (Å²) in [5, 5.41) is 5.41. The van der Waals surface area contributed by atoms with Crippen molar-refractivity contribution in [3.05, 3.63) is 65.6 Å². The van der Waals surface area contributed by atoms with Crippen LogP contribution in [0, 0.1) is 0 Å². The monoisotopic (exact) mass is 351 g/mol. The number of nitrogens with two attached hydrogens (primary N) is 2. The molecule has 1 aromatic heterocycles. The first-order valence-electron chi connectivity index (χ1n) is 7.72. The van der Waals surface area contributed by atoms with Crippen molar-refractivity contribution in [1.82, 2.24) is 5.43 Å². The van der Waals surface area contributed by atoms with Gasteiger partial charge in [0.25, 0.3) is 0 Å². The van der Waals surface area contributed by atoms with Crippen LogP contribution in [0.25, 0.3) is 10.8 Å². The van der Waals surface area contributed by atoms with Gasteiger partial charge in [0.05, 0.1) is 19.1 Å². The molecule has 3 aromatic rings. The van der Waals surface area contributed by atoms with Gasteiger partial charge in [0.1, 0.15) is 11.5 Å². The van der Waals surface area contributed by atoms with Crippen LogP contribution in [0.3, 0.4) is 0 Å². The van der Waals surface area contributed by atoms with Crippen molar-refractivity contribution >= 4 is 29.3 Å². The Morgan fingerprint density at radius 1 is 1.15 bits per heavy atom. The quantitative estimate of drug-likeness (QED) is 0.155. The van der Waals surface area contributed by atoms with Crippen molar-refractivity contribution in [2.45, 2.75) is 6.54 Å². The summed E-state index contributed by atoms with van der Waals surface area (Å²) in [6.07, 6.45) is 2.90. The van der Waals surface area contributed by atoms with Crippen molar-refractivity contribution in [2.24, 2.45) is 21.8 Å². The number of nitrogens with zero attached hydrogens (tertiary/aromatic N) is 2. The maximum Gasteiger partial charge on any atom is 0.379 e. The molecule has 0 unspecified atom stereocenters. The van der Waals surface area contributed by atoms with E-state index in [4.69, 9.17) is 20.8 Å². The van der Waals surface area contributed by atoms with E-state index in [9.17, 15) is 4.79 Å². The van der Waals surface area contributed by atoms with Crippen LogP contribution >= 0.6 is 0 Å². The molecule has 132 valence electrons. The van der Waals surface area contributed by atoms with Crippen molar-refractivity contribution in [3.63, 3.8) is 0 Å². The standard InChI is InChI=1S/C18H17N5O3/c19-22-9-12-1-2-14-8-15(4-3-13(14)7-12)26-18(24)17-6-5-16(25-17)10-21-11-23-20/h1-9,11H,10,19-20H2,(H,21,23). The lowest BCUT2D eigenvalue weighted by molar-refractivity contribution is 0.0699. The third-order valence-electron chi connectivity index (χ3n) is 3.55. The summed E-state index contributed by atoms with van der Waals surface area (Å²) in [6.45, 7) is 0.266. The van der Waals surface area contributed by atoms with Crippen molar-refractivity contribution in [3.8, 4) is 5.75 Å². The highest BCUT2D eigenvalue weighted by Gasteiger charge is 2.14. The van der Waals surface area contributed by atoms with Gasteiger partial charge in [0.15, 0.2) is 0 Å². The molecular formula is C18H17N5O3. The first-order valence-corrected chi connectivity index (χ1v) is 7.72. The molecule has 5 N–H and O–H groups in total. The van der Waals surface area contributed by atoms with Gasteiger partial charge >= 0.3 is 5.97 Å². The van der Waals surface area contributed by atoms with E-state index in [1.165, 1.54) is 6.34 Å². The second kappa shape index (κ2) is 7.95.